The van der Waals surface area contributed by atoms with E-state index in [-0.39, 0.29) is 5.91 Å². The van der Waals surface area contributed by atoms with Gasteiger partial charge in [0.25, 0.3) is 5.91 Å². The van der Waals surface area contributed by atoms with E-state index in [1.54, 1.807) is 23.5 Å². The number of carbonyl (C=O) groups is 1. The summed E-state index contributed by atoms with van der Waals surface area (Å²) in [6.07, 6.45) is 3.81. The zero-order valence-corrected chi connectivity index (χ0v) is 12.8. The van der Waals surface area contributed by atoms with E-state index in [0.29, 0.717) is 11.7 Å². The minimum absolute atomic E-state index is 0.110. The first kappa shape index (κ1) is 14.4. The Bertz CT molecular complexity index is 543. The van der Waals surface area contributed by atoms with Gasteiger partial charge in [0.05, 0.1) is 6.26 Å². The summed E-state index contributed by atoms with van der Waals surface area (Å²) in [5, 5.41) is 7.31. The Morgan fingerprint density at radius 2 is 2.24 bits per heavy atom. The molecule has 3 heterocycles. The normalized spacial score (nSPS) is 17.0. The molecule has 112 valence electrons. The van der Waals surface area contributed by atoms with Crippen molar-refractivity contribution in [2.75, 3.05) is 19.6 Å². The van der Waals surface area contributed by atoms with Crippen molar-refractivity contribution in [3.05, 3.63) is 46.5 Å². The Balaban J connectivity index is 1.39. The Morgan fingerprint density at radius 1 is 1.38 bits per heavy atom. The SMILES string of the molecule is O=C(NCC1CCN(Cc2ccsc2)CC1)c1ccco1. The zero-order chi connectivity index (χ0) is 14.5. The summed E-state index contributed by atoms with van der Waals surface area (Å²) in [5.74, 6) is 0.855. The van der Waals surface area contributed by atoms with Crippen molar-refractivity contribution >= 4 is 17.2 Å². The molecule has 0 atom stereocenters. The number of hydrogen-bond donors (Lipinski definition) is 1. The quantitative estimate of drug-likeness (QED) is 0.923. The lowest BCUT2D eigenvalue weighted by atomic mass is 9.96. The number of likely N-dealkylation sites (tertiary alicyclic amines) is 1. The molecule has 0 spiro atoms. The van der Waals surface area contributed by atoms with Crippen LogP contribution in [0.2, 0.25) is 0 Å². The average molecular weight is 304 g/mol. The Hall–Kier alpha value is -1.59. The van der Waals surface area contributed by atoms with Gasteiger partial charge in [-0.2, -0.15) is 11.3 Å². The second-order valence-electron chi connectivity index (χ2n) is 5.54. The molecule has 1 saturated heterocycles. The fourth-order valence-electron chi connectivity index (χ4n) is 2.72. The summed E-state index contributed by atoms with van der Waals surface area (Å²) in [4.78, 5) is 14.3. The van der Waals surface area contributed by atoms with E-state index in [2.05, 4.69) is 27.0 Å². The molecule has 1 aliphatic rings. The summed E-state index contributed by atoms with van der Waals surface area (Å²) >= 11 is 1.76. The number of nitrogens with one attached hydrogen (secondary N) is 1. The van der Waals surface area contributed by atoms with Crippen molar-refractivity contribution in [1.82, 2.24) is 10.2 Å². The minimum atomic E-state index is -0.110. The molecule has 0 aliphatic carbocycles. The van der Waals surface area contributed by atoms with Gasteiger partial charge in [0.15, 0.2) is 5.76 Å². The van der Waals surface area contributed by atoms with Crippen LogP contribution >= 0.6 is 11.3 Å². The van der Waals surface area contributed by atoms with Crippen molar-refractivity contribution in [3.8, 4) is 0 Å². The third kappa shape index (κ3) is 3.95. The summed E-state index contributed by atoms with van der Waals surface area (Å²) in [5.41, 5.74) is 1.41. The number of hydrogen-bond acceptors (Lipinski definition) is 4. The molecule has 1 aliphatic heterocycles. The maximum atomic E-state index is 11.8. The van der Waals surface area contributed by atoms with Gasteiger partial charge in [-0.15, -0.1) is 0 Å². The molecule has 5 heteroatoms. The van der Waals surface area contributed by atoms with Crippen LogP contribution in [0.1, 0.15) is 29.0 Å². The van der Waals surface area contributed by atoms with E-state index >= 15 is 0 Å². The first-order valence-corrected chi connectivity index (χ1v) is 8.30. The highest BCUT2D eigenvalue weighted by molar-refractivity contribution is 7.07. The Labute approximate surface area is 128 Å². The van der Waals surface area contributed by atoms with Crippen LogP contribution < -0.4 is 5.32 Å². The van der Waals surface area contributed by atoms with Crippen LogP contribution in [-0.2, 0) is 6.54 Å². The van der Waals surface area contributed by atoms with Crippen molar-refractivity contribution in [1.29, 1.82) is 0 Å². The molecule has 21 heavy (non-hydrogen) atoms. The number of thiophene rings is 1. The highest BCUT2D eigenvalue weighted by Gasteiger charge is 2.20. The van der Waals surface area contributed by atoms with Crippen LogP contribution in [0.5, 0.6) is 0 Å². The summed E-state index contributed by atoms with van der Waals surface area (Å²) in [7, 11) is 0. The lowest BCUT2D eigenvalue weighted by Crippen LogP contribution is -2.38. The first-order valence-electron chi connectivity index (χ1n) is 7.36. The van der Waals surface area contributed by atoms with Gasteiger partial charge in [-0.05, 0) is 66.4 Å². The molecule has 2 aromatic rings. The standard InChI is InChI=1S/C16H20N2O2S/c19-16(15-2-1-8-20-15)17-10-13-3-6-18(7-4-13)11-14-5-9-21-12-14/h1-2,5,8-9,12-13H,3-4,6-7,10-11H2,(H,17,19). The lowest BCUT2D eigenvalue weighted by molar-refractivity contribution is 0.0907. The van der Waals surface area contributed by atoms with Crippen LogP contribution in [-0.4, -0.2) is 30.4 Å². The molecule has 0 radical (unpaired) electrons. The van der Waals surface area contributed by atoms with E-state index in [0.717, 1.165) is 39.0 Å². The molecule has 2 aromatic heterocycles. The first-order chi connectivity index (χ1) is 10.3. The van der Waals surface area contributed by atoms with Gasteiger partial charge in [0.2, 0.25) is 0 Å². The number of nitrogens with zero attached hydrogens (tertiary/aromatic N) is 1. The molecule has 0 unspecified atom stereocenters. The number of carbonyl (C=O) groups excluding carboxylic acids is 1. The fourth-order valence-corrected chi connectivity index (χ4v) is 3.38. The van der Waals surface area contributed by atoms with Crippen LogP contribution in [0.3, 0.4) is 0 Å². The topological polar surface area (TPSA) is 45.5 Å². The summed E-state index contributed by atoms with van der Waals surface area (Å²) in [6, 6.07) is 5.62. The molecule has 1 N–H and O–H groups in total. The van der Waals surface area contributed by atoms with Gasteiger partial charge in [-0.25, -0.2) is 0 Å². The van der Waals surface area contributed by atoms with E-state index in [4.69, 9.17) is 4.42 Å². The van der Waals surface area contributed by atoms with E-state index in [1.165, 1.54) is 11.8 Å². The van der Waals surface area contributed by atoms with Gasteiger partial charge in [-0.1, -0.05) is 0 Å². The number of amides is 1. The summed E-state index contributed by atoms with van der Waals surface area (Å²) in [6.45, 7) is 4.01. The van der Waals surface area contributed by atoms with Crippen molar-refractivity contribution in [2.24, 2.45) is 5.92 Å². The number of piperidine rings is 1. The van der Waals surface area contributed by atoms with E-state index < -0.39 is 0 Å². The maximum absolute atomic E-state index is 11.8. The molecule has 4 nitrogen and oxygen atoms in total. The lowest BCUT2D eigenvalue weighted by Gasteiger charge is -2.31. The molecular weight excluding hydrogens is 284 g/mol. The van der Waals surface area contributed by atoms with Gasteiger partial charge in [-0.3, -0.25) is 9.69 Å². The number of rotatable bonds is 5. The smallest absolute Gasteiger partial charge is 0.286 e. The second kappa shape index (κ2) is 6.91. The maximum Gasteiger partial charge on any atom is 0.286 e. The molecule has 1 amide bonds. The van der Waals surface area contributed by atoms with Crippen molar-refractivity contribution in [2.45, 2.75) is 19.4 Å². The minimum Gasteiger partial charge on any atom is -0.459 e. The predicted octanol–water partition coefficient (Wildman–Crippen LogP) is 2.98. The second-order valence-corrected chi connectivity index (χ2v) is 6.32. The van der Waals surface area contributed by atoms with Crippen molar-refractivity contribution < 1.29 is 9.21 Å². The molecule has 0 aromatic carbocycles. The van der Waals surface area contributed by atoms with Gasteiger partial charge >= 0.3 is 0 Å². The number of furan rings is 1. The largest absolute Gasteiger partial charge is 0.459 e. The van der Waals surface area contributed by atoms with Crippen LogP contribution in [0.15, 0.2) is 39.6 Å². The van der Waals surface area contributed by atoms with E-state index in [1.807, 2.05) is 0 Å². The summed E-state index contributed by atoms with van der Waals surface area (Å²) < 4.78 is 5.09. The third-order valence-electron chi connectivity index (χ3n) is 3.99. The Morgan fingerprint density at radius 3 is 2.90 bits per heavy atom. The van der Waals surface area contributed by atoms with Crippen LogP contribution in [0.25, 0.3) is 0 Å². The van der Waals surface area contributed by atoms with E-state index in [9.17, 15) is 4.79 Å². The monoisotopic (exact) mass is 304 g/mol. The molecule has 0 saturated carbocycles. The highest BCUT2D eigenvalue weighted by atomic mass is 32.1. The van der Waals surface area contributed by atoms with Crippen LogP contribution in [0, 0.1) is 5.92 Å². The van der Waals surface area contributed by atoms with Gasteiger partial charge < -0.3 is 9.73 Å². The van der Waals surface area contributed by atoms with Crippen LogP contribution in [0.4, 0.5) is 0 Å². The zero-order valence-electron chi connectivity index (χ0n) is 12.0. The molecule has 1 fully saturated rings. The molecular formula is C16H20N2O2S. The predicted molar refractivity (Wildman–Crippen MR) is 83.4 cm³/mol. The molecule has 0 bridgehead atoms. The highest BCUT2D eigenvalue weighted by Crippen LogP contribution is 2.19. The van der Waals surface area contributed by atoms with Gasteiger partial charge in [0, 0.05) is 13.1 Å². The molecule has 3 rings (SSSR count). The van der Waals surface area contributed by atoms with Gasteiger partial charge in [0.1, 0.15) is 0 Å². The van der Waals surface area contributed by atoms with Crippen molar-refractivity contribution in [3.63, 3.8) is 0 Å². The average Bonchev–Trinajstić information content (AvgIpc) is 3.19. The third-order valence-corrected chi connectivity index (χ3v) is 4.72. The fraction of sp³-hybridized carbons (Fsp3) is 0.438. The Kier molecular flexibility index (Phi) is 4.72.